The number of alkyl carbamates (subject to hydrolysis) is 2. The topological polar surface area (TPSA) is 157 Å². The second-order valence-corrected chi connectivity index (χ2v) is 6.25. The molecule has 1 atom stereocenters. The van der Waals surface area contributed by atoms with Crippen LogP contribution >= 0.6 is 0 Å². The molecule has 0 bridgehead atoms. The van der Waals surface area contributed by atoms with Gasteiger partial charge < -0.3 is 24.9 Å². The van der Waals surface area contributed by atoms with E-state index in [2.05, 4.69) is 26.7 Å². The van der Waals surface area contributed by atoms with Crippen molar-refractivity contribution in [3.63, 3.8) is 0 Å². The van der Waals surface area contributed by atoms with Crippen LogP contribution in [-0.2, 0) is 33.5 Å². The third-order valence-electron chi connectivity index (χ3n) is 3.94. The Morgan fingerprint density at radius 2 is 1.80 bits per heavy atom. The predicted octanol–water partition coefficient (Wildman–Crippen LogP) is 0.360. The molecule has 1 fully saturated rings. The Hall–Kier alpha value is -3.44. The maximum atomic E-state index is 12.0. The number of carbonyl (C=O) groups is 6. The number of hydrogen-bond donors (Lipinski definition) is 2. The van der Waals surface area contributed by atoms with E-state index in [1.165, 1.54) is 7.11 Å². The molecule has 4 amide bonds. The molecule has 1 unspecified atom stereocenters. The van der Waals surface area contributed by atoms with E-state index in [1.807, 2.05) is 0 Å². The van der Waals surface area contributed by atoms with Crippen molar-refractivity contribution in [2.24, 2.45) is 0 Å². The molecule has 0 aromatic rings. The van der Waals surface area contributed by atoms with E-state index >= 15 is 0 Å². The van der Waals surface area contributed by atoms with Crippen LogP contribution in [0.4, 0.5) is 9.59 Å². The molecule has 2 N–H and O–H groups in total. The van der Waals surface area contributed by atoms with Crippen LogP contribution in [0.25, 0.3) is 0 Å². The molecule has 12 nitrogen and oxygen atoms in total. The van der Waals surface area contributed by atoms with Crippen LogP contribution in [0, 0.1) is 0 Å². The first-order valence-electron chi connectivity index (χ1n) is 9.23. The number of amides is 4. The van der Waals surface area contributed by atoms with E-state index in [-0.39, 0.29) is 25.8 Å². The van der Waals surface area contributed by atoms with E-state index in [1.54, 1.807) is 0 Å². The Kier molecular flexibility index (Phi) is 10.6. The summed E-state index contributed by atoms with van der Waals surface area (Å²) < 4.78 is 9.17. The first-order valence-corrected chi connectivity index (χ1v) is 9.23. The molecule has 1 aliphatic heterocycles. The van der Waals surface area contributed by atoms with Crippen LogP contribution in [-0.4, -0.2) is 67.1 Å². The van der Waals surface area contributed by atoms with E-state index in [0.717, 1.165) is 6.08 Å². The summed E-state index contributed by atoms with van der Waals surface area (Å²) in [5.74, 6) is -2.48. The summed E-state index contributed by atoms with van der Waals surface area (Å²) in [6, 6.07) is -0.671. The number of ether oxygens (including phenoxy) is 2. The van der Waals surface area contributed by atoms with Crippen molar-refractivity contribution in [1.82, 2.24) is 15.7 Å². The van der Waals surface area contributed by atoms with Crippen LogP contribution < -0.4 is 10.6 Å². The molecule has 1 heterocycles. The van der Waals surface area contributed by atoms with Crippen molar-refractivity contribution in [3.8, 4) is 0 Å². The Bertz CT molecular complexity index is 676. The lowest BCUT2D eigenvalue weighted by Gasteiger charge is -2.19. The van der Waals surface area contributed by atoms with Gasteiger partial charge >= 0.3 is 18.2 Å². The summed E-state index contributed by atoms with van der Waals surface area (Å²) in [5, 5.41) is 5.36. The largest absolute Gasteiger partial charge is 0.453 e. The monoisotopic (exact) mass is 427 g/mol. The molecular weight excluding hydrogens is 402 g/mol. The molecule has 166 valence electrons. The lowest BCUT2D eigenvalue weighted by Crippen LogP contribution is -2.39. The summed E-state index contributed by atoms with van der Waals surface area (Å²) in [6.07, 6.45) is 0.524. The molecular formula is C18H25N3O9. The number of ketones is 1. The minimum absolute atomic E-state index is 0.0207. The minimum Gasteiger partial charge on any atom is -0.453 e. The van der Waals surface area contributed by atoms with Gasteiger partial charge in [-0.3, -0.25) is 14.4 Å². The number of hydrogen-bond acceptors (Lipinski definition) is 9. The second kappa shape index (κ2) is 12.9. The summed E-state index contributed by atoms with van der Waals surface area (Å²) in [4.78, 5) is 73.7. The second-order valence-electron chi connectivity index (χ2n) is 6.25. The number of hydroxylamine groups is 2. The number of rotatable bonds is 12. The van der Waals surface area contributed by atoms with E-state index in [0.29, 0.717) is 24.3 Å². The van der Waals surface area contributed by atoms with Crippen molar-refractivity contribution in [2.45, 2.75) is 44.6 Å². The smallest absolute Gasteiger partial charge is 0.407 e. The highest BCUT2D eigenvalue weighted by atomic mass is 16.7. The Morgan fingerprint density at radius 3 is 2.40 bits per heavy atom. The molecule has 0 spiro atoms. The number of methoxy groups -OCH3 is 1. The number of unbranched alkanes of at least 4 members (excludes halogenated alkanes) is 1. The van der Waals surface area contributed by atoms with Gasteiger partial charge in [-0.25, -0.2) is 14.4 Å². The molecule has 0 aromatic heterocycles. The van der Waals surface area contributed by atoms with Crippen molar-refractivity contribution < 1.29 is 43.1 Å². The fourth-order valence-electron chi connectivity index (χ4n) is 2.40. The lowest BCUT2D eigenvalue weighted by molar-refractivity contribution is -0.197. The number of imide groups is 1. The van der Waals surface area contributed by atoms with Gasteiger partial charge in [0.1, 0.15) is 0 Å². The van der Waals surface area contributed by atoms with Gasteiger partial charge in [-0.1, -0.05) is 6.58 Å². The van der Waals surface area contributed by atoms with Crippen LogP contribution in [0.5, 0.6) is 0 Å². The zero-order chi connectivity index (χ0) is 22.5. The molecule has 12 heteroatoms. The van der Waals surface area contributed by atoms with Gasteiger partial charge in [0.2, 0.25) is 0 Å². The van der Waals surface area contributed by atoms with Gasteiger partial charge in [0.25, 0.3) is 11.8 Å². The maximum absolute atomic E-state index is 12.0. The molecule has 30 heavy (non-hydrogen) atoms. The molecule has 0 radical (unpaired) electrons. The minimum atomic E-state index is -0.853. The lowest BCUT2D eigenvalue weighted by atomic mass is 10.1. The van der Waals surface area contributed by atoms with E-state index in [9.17, 15) is 28.8 Å². The Balaban J connectivity index is 2.38. The average Bonchev–Trinajstić information content (AvgIpc) is 3.03. The summed E-state index contributed by atoms with van der Waals surface area (Å²) >= 11 is 0. The third-order valence-corrected chi connectivity index (χ3v) is 3.94. The molecule has 1 aliphatic rings. The highest BCUT2D eigenvalue weighted by Crippen LogP contribution is 2.14. The molecule has 1 saturated heterocycles. The number of nitrogens with zero attached hydrogens (tertiary/aromatic N) is 1. The first kappa shape index (κ1) is 24.6. The molecule has 1 rings (SSSR count). The standard InChI is InChI=1S/C18H25N3O9/c1-3-13(22)11-29-17(26)19-9-5-4-6-12(20-18(27)28-2)10-16(25)30-21-14(23)7-8-15(21)24/h3,12H,1,4-11H2,2H3,(H,19,26)(H,20,27). The molecule has 0 saturated carbocycles. The maximum Gasteiger partial charge on any atom is 0.407 e. The molecule has 0 aromatic carbocycles. The van der Waals surface area contributed by atoms with Crippen LogP contribution in [0.1, 0.15) is 38.5 Å². The van der Waals surface area contributed by atoms with E-state index < -0.39 is 48.4 Å². The van der Waals surface area contributed by atoms with Gasteiger partial charge in [0.05, 0.1) is 13.5 Å². The van der Waals surface area contributed by atoms with Crippen molar-refractivity contribution in [1.29, 1.82) is 0 Å². The van der Waals surface area contributed by atoms with Crippen LogP contribution in [0.2, 0.25) is 0 Å². The Morgan fingerprint density at radius 1 is 1.13 bits per heavy atom. The third kappa shape index (κ3) is 9.17. The van der Waals surface area contributed by atoms with Gasteiger partial charge in [-0.2, -0.15) is 0 Å². The van der Waals surface area contributed by atoms with Crippen molar-refractivity contribution in [2.75, 3.05) is 20.3 Å². The highest BCUT2D eigenvalue weighted by Gasteiger charge is 2.33. The summed E-state index contributed by atoms with van der Waals surface area (Å²) in [5.41, 5.74) is 0. The van der Waals surface area contributed by atoms with Gasteiger partial charge in [0, 0.05) is 25.4 Å². The summed E-state index contributed by atoms with van der Waals surface area (Å²) in [6.45, 7) is 3.10. The summed E-state index contributed by atoms with van der Waals surface area (Å²) in [7, 11) is 1.17. The van der Waals surface area contributed by atoms with Gasteiger partial charge in [-0.05, 0) is 25.3 Å². The van der Waals surface area contributed by atoms with Gasteiger partial charge in [-0.15, -0.1) is 5.06 Å². The predicted molar refractivity (Wildman–Crippen MR) is 99.5 cm³/mol. The van der Waals surface area contributed by atoms with Crippen LogP contribution in [0.15, 0.2) is 12.7 Å². The molecule has 0 aliphatic carbocycles. The van der Waals surface area contributed by atoms with Crippen LogP contribution in [0.3, 0.4) is 0 Å². The normalized spacial score (nSPS) is 14.0. The average molecular weight is 427 g/mol. The fourth-order valence-corrected chi connectivity index (χ4v) is 2.40. The first-order chi connectivity index (χ1) is 14.3. The quantitative estimate of drug-likeness (QED) is 0.255. The number of carbonyl (C=O) groups excluding carboxylic acids is 6. The van der Waals surface area contributed by atoms with E-state index in [4.69, 9.17) is 4.84 Å². The number of nitrogens with one attached hydrogen (secondary N) is 2. The zero-order valence-electron chi connectivity index (χ0n) is 16.6. The Labute approximate surface area is 172 Å². The highest BCUT2D eigenvalue weighted by molar-refractivity contribution is 6.01. The van der Waals surface area contributed by atoms with Crippen molar-refractivity contribution >= 4 is 35.8 Å². The zero-order valence-corrected chi connectivity index (χ0v) is 16.6. The SMILES string of the molecule is C=CC(=O)COC(=O)NCCCCC(CC(=O)ON1C(=O)CCC1=O)NC(=O)OC. The van der Waals surface area contributed by atoms with Gasteiger partial charge in [0.15, 0.2) is 12.4 Å². The fraction of sp³-hybridized carbons (Fsp3) is 0.556. The van der Waals surface area contributed by atoms with Crippen molar-refractivity contribution in [3.05, 3.63) is 12.7 Å².